The Labute approximate surface area is 418 Å². The van der Waals surface area contributed by atoms with Gasteiger partial charge >= 0.3 is 5.97 Å². The van der Waals surface area contributed by atoms with Crippen LogP contribution in [-0.2, 0) is 33.2 Å². The number of hydrogen-bond acceptors (Lipinski definition) is 14. The highest BCUT2D eigenvalue weighted by Crippen LogP contribution is 2.27. The van der Waals surface area contributed by atoms with Gasteiger partial charge in [-0.25, -0.2) is 0 Å². The maximum absolute atomic E-state index is 13.1. The molecule has 7 N–H and O–H groups in total. The van der Waals surface area contributed by atoms with Crippen molar-refractivity contribution in [2.24, 2.45) is 0 Å². The molecular formula is C55H104O14. The van der Waals surface area contributed by atoms with Crippen LogP contribution in [0.3, 0.4) is 0 Å². The van der Waals surface area contributed by atoms with Gasteiger partial charge < -0.3 is 64.2 Å². The number of carbonyl (C=O) groups is 1. The summed E-state index contributed by atoms with van der Waals surface area (Å²) in [5.74, 6) is -0.372. The molecule has 0 aromatic heterocycles. The SMILES string of the molecule is CCCCCCCC/C=C\CCCCCCCCOCC(COC1OC(COC2OC(CO)C(O)C(O)C2O)C(O)C(O)C1O)OC(=O)CCCCCCCCCCCCCCCCCCCCC. The molecule has 69 heavy (non-hydrogen) atoms. The predicted octanol–water partition coefficient (Wildman–Crippen LogP) is 9.41. The highest BCUT2D eigenvalue weighted by molar-refractivity contribution is 5.69. The summed E-state index contributed by atoms with van der Waals surface area (Å²) in [5.41, 5.74) is 0. The van der Waals surface area contributed by atoms with Gasteiger partial charge in [0, 0.05) is 13.0 Å². The van der Waals surface area contributed by atoms with Gasteiger partial charge in [0.1, 0.15) is 54.9 Å². The van der Waals surface area contributed by atoms with Crippen molar-refractivity contribution in [1.29, 1.82) is 0 Å². The Morgan fingerprint density at radius 1 is 0.464 bits per heavy atom. The molecule has 2 heterocycles. The van der Waals surface area contributed by atoms with Crippen molar-refractivity contribution in [1.82, 2.24) is 0 Å². The van der Waals surface area contributed by atoms with E-state index in [1.54, 1.807) is 0 Å². The minimum Gasteiger partial charge on any atom is -0.457 e. The zero-order chi connectivity index (χ0) is 50.2. The van der Waals surface area contributed by atoms with Crippen molar-refractivity contribution in [2.45, 2.75) is 300 Å². The Morgan fingerprint density at radius 3 is 1.32 bits per heavy atom. The van der Waals surface area contributed by atoms with Gasteiger partial charge in [0.05, 0.1) is 26.4 Å². The molecule has 14 heteroatoms. The summed E-state index contributed by atoms with van der Waals surface area (Å²) in [7, 11) is 0. The molecular weight excluding hydrogens is 885 g/mol. The van der Waals surface area contributed by atoms with Gasteiger partial charge in [0.25, 0.3) is 0 Å². The third kappa shape index (κ3) is 30.5. The Morgan fingerprint density at radius 2 is 0.855 bits per heavy atom. The van der Waals surface area contributed by atoms with Crippen LogP contribution in [0, 0.1) is 0 Å². The van der Waals surface area contributed by atoms with E-state index in [9.17, 15) is 40.5 Å². The van der Waals surface area contributed by atoms with Crippen molar-refractivity contribution < 1.29 is 69.0 Å². The standard InChI is InChI=1S/C55H104O14/c1-3-5-7-9-11-13-15-17-19-21-22-23-24-26-28-30-32-34-36-38-47(57)67-44(41-64-39-37-35-33-31-29-27-25-20-18-16-14-12-10-8-6-4-2)42-65-54-53(63)51(61)49(59)46(69-54)43-66-55-52(62)50(60)48(58)45(40-56)68-55/h18,20,44-46,48-56,58-63H,3-17,19,21-43H2,1-2H3/b20-18-. The van der Waals surface area contributed by atoms with E-state index in [4.69, 9.17) is 28.4 Å². The van der Waals surface area contributed by atoms with Crippen molar-refractivity contribution in [3.05, 3.63) is 12.2 Å². The predicted molar refractivity (Wildman–Crippen MR) is 271 cm³/mol. The molecule has 11 unspecified atom stereocenters. The van der Waals surface area contributed by atoms with Crippen molar-refractivity contribution in [3.8, 4) is 0 Å². The molecule has 2 aliphatic heterocycles. The lowest BCUT2D eigenvalue weighted by Gasteiger charge is -2.42. The Bertz CT molecular complexity index is 1190. The zero-order valence-electron chi connectivity index (χ0n) is 43.6. The lowest BCUT2D eigenvalue weighted by atomic mass is 9.98. The van der Waals surface area contributed by atoms with Crippen LogP contribution in [-0.4, -0.2) is 142 Å². The average molecular weight is 989 g/mol. The number of allylic oxidation sites excluding steroid dienone is 2. The molecule has 0 spiro atoms. The van der Waals surface area contributed by atoms with Gasteiger partial charge in [0.15, 0.2) is 12.6 Å². The molecule has 11 atom stereocenters. The molecule has 0 bridgehead atoms. The summed E-state index contributed by atoms with van der Waals surface area (Å²) in [6.07, 6.45) is 29.8. The fraction of sp³-hybridized carbons (Fsp3) is 0.945. The van der Waals surface area contributed by atoms with Gasteiger partial charge in [-0.3, -0.25) is 4.79 Å². The van der Waals surface area contributed by atoms with Crippen molar-refractivity contribution >= 4 is 5.97 Å². The molecule has 0 aromatic carbocycles. The molecule has 0 amide bonds. The molecule has 14 nitrogen and oxygen atoms in total. The van der Waals surface area contributed by atoms with E-state index in [0.29, 0.717) is 13.0 Å². The van der Waals surface area contributed by atoms with E-state index < -0.39 is 80.7 Å². The molecule has 2 saturated heterocycles. The van der Waals surface area contributed by atoms with E-state index in [-0.39, 0.29) is 25.6 Å². The summed E-state index contributed by atoms with van der Waals surface area (Å²) < 4.78 is 34.4. The lowest BCUT2D eigenvalue weighted by Crippen LogP contribution is -2.61. The van der Waals surface area contributed by atoms with Crippen LogP contribution < -0.4 is 0 Å². The minimum absolute atomic E-state index is 0.0631. The normalized spacial score (nSPS) is 25.7. The molecule has 2 rings (SSSR count). The maximum atomic E-state index is 13.1. The summed E-state index contributed by atoms with van der Waals surface area (Å²) >= 11 is 0. The first kappa shape index (κ1) is 63.8. The first-order valence-electron chi connectivity index (χ1n) is 28.3. The van der Waals surface area contributed by atoms with Crippen LogP contribution in [0.1, 0.15) is 232 Å². The van der Waals surface area contributed by atoms with Crippen LogP contribution in [0.15, 0.2) is 12.2 Å². The Kier molecular flexibility index (Phi) is 39.9. The number of rotatable bonds is 46. The molecule has 0 aliphatic carbocycles. The third-order valence-electron chi connectivity index (χ3n) is 13.8. The van der Waals surface area contributed by atoms with Crippen molar-refractivity contribution in [2.75, 3.05) is 33.0 Å². The summed E-state index contributed by atoms with van der Waals surface area (Å²) in [6.45, 7) is 3.72. The maximum Gasteiger partial charge on any atom is 0.306 e. The molecule has 0 aromatic rings. The zero-order valence-corrected chi connectivity index (χ0v) is 43.6. The molecule has 2 fully saturated rings. The van der Waals surface area contributed by atoms with Gasteiger partial charge in [-0.05, 0) is 38.5 Å². The Hall–Kier alpha value is -1.27. The lowest BCUT2D eigenvalue weighted by molar-refractivity contribution is -0.332. The number of aliphatic hydroxyl groups excluding tert-OH is 7. The van der Waals surface area contributed by atoms with E-state index in [0.717, 1.165) is 44.9 Å². The van der Waals surface area contributed by atoms with Crippen molar-refractivity contribution in [3.63, 3.8) is 0 Å². The highest BCUT2D eigenvalue weighted by Gasteiger charge is 2.47. The van der Waals surface area contributed by atoms with E-state index >= 15 is 0 Å². The second kappa shape index (κ2) is 43.2. The fourth-order valence-electron chi connectivity index (χ4n) is 9.16. The van der Waals surface area contributed by atoms with E-state index in [1.165, 1.54) is 161 Å². The number of esters is 1. The van der Waals surface area contributed by atoms with Crippen LogP contribution in [0.5, 0.6) is 0 Å². The van der Waals surface area contributed by atoms with Crippen LogP contribution >= 0.6 is 0 Å². The largest absolute Gasteiger partial charge is 0.457 e. The van der Waals surface area contributed by atoms with Crippen LogP contribution in [0.4, 0.5) is 0 Å². The smallest absolute Gasteiger partial charge is 0.306 e. The van der Waals surface area contributed by atoms with E-state index in [1.807, 2.05) is 0 Å². The first-order valence-corrected chi connectivity index (χ1v) is 28.3. The fourth-order valence-corrected chi connectivity index (χ4v) is 9.16. The molecule has 2 aliphatic rings. The summed E-state index contributed by atoms with van der Waals surface area (Å²) in [5, 5.41) is 72.2. The van der Waals surface area contributed by atoms with Crippen LogP contribution in [0.25, 0.3) is 0 Å². The first-order chi connectivity index (χ1) is 33.6. The summed E-state index contributed by atoms with van der Waals surface area (Å²) in [6, 6.07) is 0. The average Bonchev–Trinajstić information content (AvgIpc) is 3.35. The molecule has 0 saturated carbocycles. The second-order valence-corrected chi connectivity index (χ2v) is 20.1. The van der Waals surface area contributed by atoms with E-state index in [2.05, 4.69) is 26.0 Å². The number of aliphatic hydroxyl groups is 7. The highest BCUT2D eigenvalue weighted by atomic mass is 16.7. The van der Waals surface area contributed by atoms with Gasteiger partial charge in [-0.15, -0.1) is 0 Å². The second-order valence-electron chi connectivity index (χ2n) is 20.1. The van der Waals surface area contributed by atoms with Gasteiger partial charge in [-0.2, -0.15) is 0 Å². The number of hydrogen-bond donors (Lipinski definition) is 7. The molecule has 408 valence electrons. The monoisotopic (exact) mass is 989 g/mol. The molecule has 0 radical (unpaired) electrons. The minimum atomic E-state index is -1.70. The summed E-state index contributed by atoms with van der Waals surface area (Å²) in [4.78, 5) is 13.1. The van der Waals surface area contributed by atoms with Crippen LogP contribution in [0.2, 0.25) is 0 Å². The number of carbonyl (C=O) groups excluding carboxylic acids is 1. The quantitative estimate of drug-likeness (QED) is 0.0172. The van der Waals surface area contributed by atoms with Gasteiger partial charge in [-0.1, -0.05) is 199 Å². The topological polar surface area (TPSA) is 214 Å². The number of unbranched alkanes of at least 4 members (excludes halogenated alkanes) is 30. The third-order valence-corrected chi connectivity index (χ3v) is 13.8. The number of ether oxygens (including phenoxy) is 6. The van der Waals surface area contributed by atoms with Gasteiger partial charge in [0.2, 0.25) is 0 Å². The Balaban J connectivity index is 1.73.